The molecule has 2 unspecified atom stereocenters. The van der Waals surface area contributed by atoms with E-state index in [1.807, 2.05) is 6.07 Å². The Morgan fingerprint density at radius 2 is 1.40 bits per heavy atom. The Bertz CT molecular complexity index is 1930. The Labute approximate surface area is 234 Å². The summed E-state index contributed by atoms with van der Waals surface area (Å²) in [6.45, 7) is 4.71. The predicted molar refractivity (Wildman–Crippen MR) is 164 cm³/mol. The van der Waals surface area contributed by atoms with Crippen molar-refractivity contribution < 1.29 is 0 Å². The van der Waals surface area contributed by atoms with Crippen LogP contribution in [0.3, 0.4) is 0 Å². The molecule has 2 atom stereocenters. The molecule has 2 aliphatic heterocycles. The summed E-state index contributed by atoms with van der Waals surface area (Å²) in [5, 5.41) is 10.0. The maximum absolute atomic E-state index is 5.21. The minimum atomic E-state index is -0.193. The lowest BCUT2D eigenvalue weighted by atomic mass is 9.74. The summed E-state index contributed by atoms with van der Waals surface area (Å²) in [5.41, 5.74) is 9.78. The highest BCUT2D eigenvalue weighted by Gasteiger charge is 2.36. The minimum Gasteiger partial charge on any atom is -0.350 e. The van der Waals surface area contributed by atoms with E-state index in [0.29, 0.717) is 0 Å². The zero-order chi connectivity index (χ0) is 26.8. The molecule has 0 bridgehead atoms. The summed E-state index contributed by atoms with van der Waals surface area (Å²) in [4.78, 5) is 5.21. The zero-order valence-corrected chi connectivity index (χ0v) is 22.6. The molecule has 0 aliphatic carbocycles. The number of aromatic nitrogens is 1. The second-order valence-electron chi connectivity index (χ2n) is 11.4. The van der Waals surface area contributed by atoms with Crippen LogP contribution >= 0.6 is 0 Å². The molecular formula is C36H30N4. The average molecular weight is 519 g/mol. The molecule has 0 spiro atoms. The van der Waals surface area contributed by atoms with Gasteiger partial charge in [0.15, 0.2) is 0 Å². The number of amidine groups is 1. The normalized spacial score (nSPS) is 19.2. The lowest BCUT2D eigenvalue weighted by Gasteiger charge is -2.36. The molecular weight excluding hydrogens is 488 g/mol. The molecule has 0 fully saturated rings. The second kappa shape index (κ2) is 8.67. The van der Waals surface area contributed by atoms with Crippen LogP contribution in [0.1, 0.15) is 54.0 Å². The van der Waals surface area contributed by atoms with Crippen molar-refractivity contribution in [3.8, 4) is 5.69 Å². The fraction of sp³-hybridized carbons (Fsp3) is 0.139. The molecule has 2 aliphatic rings. The van der Waals surface area contributed by atoms with Crippen LogP contribution in [0.5, 0.6) is 0 Å². The van der Waals surface area contributed by atoms with Crippen molar-refractivity contribution in [1.29, 1.82) is 0 Å². The number of aliphatic imine (C=N–C) groups is 1. The molecule has 194 valence electrons. The van der Waals surface area contributed by atoms with Crippen LogP contribution in [-0.2, 0) is 5.41 Å². The van der Waals surface area contributed by atoms with E-state index in [4.69, 9.17) is 4.99 Å². The van der Waals surface area contributed by atoms with Crippen LogP contribution in [0.15, 0.2) is 126 Å². The van der Waals surface area contributed by atoms with Crippen molar-refractivity contribution in [3.05, 3.63) is 149 Å². The van der Waals surface area contributed by atoms with Gasteiger partial charge in [0, 0.05) is 21.8 Å². The third kappa shape index (κ3) is 3.39. The van der Waals surface area contributed by atoms with Crippen LogP contribution in [0.2, 0.25) is 0 Å². The van der Waals surface area contributed by atoms with Gasteiger partial charge < -0.3 is 9.88 Å². The topological polar surface area (TPSA) is 41.4 Å². The highest BCUT2D eigenvalue weighted by molar-refractivity contribution is 6.11. The molecule has 0 radical (unpaired) electrons. The maximum Gasteiger partial charge on any atom is 0.131 e. The first-order valence-electron chi connectivity index (χ1n) is 14.0. The van der Waals surface area contributed by atoms with E-state index in [1.54, 1.807) is 0 Å². The highest BCUT2D eigenvalue weighted by Crippen LogP contribution is 2.48. The molecule has 0 saturated heterocycles. The van der Waals surface area contributed by atoms with E-state index in [0.717, 1.165) is 17.0 Å². The standard InChI is InChI=1S/C36H30N4/c1-36(2)28-18-11-17-27-26-16-9-10-19-30(26)40(32(27)28)31-21-20-25(22-29(31)36)35-38-33(23-12-5-3-6-13-23)37-34(39-35)24-14-7-4-8-15-24/h3-22,33,35,38H,1-2H3,(H,37,39). The lowest BCUT2D eigenvalue weighted by molar-refractivity contribution is 0.408. The number of para-hydroxylation sites is 2. The van der Waals surface area contributed by atoms with Gasteiger partial charge in [0.25, 0.3) is 0 Å². The van der Waals surface area contributed by atoms with E-state index in [9.17, 15) is 0 Å². The van der Waals surface area contributed by atoms with Crippen LogP contribution in [0, 0.1) is 0 Å². The molecule has 4 heteroatoms. The molecule has 40 heavy (non-hydrogen) atoms. The van der Waals surface area contributed by atoms with Gasteiger partial charge in [-0.2, -0.15) is 0 Å². The number of fused-ring (bicyclic) bond motifs is 5. The van der Waals surface area contributed by atoms with E-state index >= 15 is 0 Å². The van der Waals surface area contributed by atoms with Crippen molar-refractivity contribution >= 4 is 27.6 Å². The van der Waals surface area contributed by atoms with Gasteiger partial charge >= 0.3 is 0 Å². The van der Waals surface area contributed by atoms with Crippen molar-refractivity contribution in [3.63, 3.8) is 0 Å². The summed E-state index contributed by atoms with van der Waals surface area (Å²) in [5.74, 6) is 0.902. The number of benzene rings is 5. The summed E-state index contributed by atoms with van der Waals surface area (Å²) in [7, 11) is 0. The van der Waals surface area contributed by atoms with Gasteiger partial charge in [0.05, 0.1) is 16.7 Å². The van der Waals surface area contributed by atoms with Gasteiger partial charge in [-0.15, -0.1) is 0 Å². The fourth-order valence-electron chi connectivity index (χ4n) is 6.63. The molecule has 1 aromatic heterocycles. The third-order valence-corrected chi connectivity index (χ3v) is 8.66. The SMILES string of the molecule is CC1(C)c2cc(C3N=C(c4ccccc4)NC(c4ccccc4)N3)ccc2-n2c3ccccc3c3cccc1c32. The summed E-state index contributed by atoms with van der Waals surface area (Å²) >= 11 is 0. The van der Waals surface area contributed by atoms with Gasteiger partial charge in [-0.1, -0.05) is 117 Å². The van der Waals surface area contributed by atoms with E-state index in [1.165, 1.54) is 44.2 Å². The molecule has 6 aromatic rings. The average Bonchev–Trinajstić information content (AvgIpc) is 3.35. The minimum absolute atomic E-state index is 0.0586. The molecule has 5 aromatic carbocycles. The Kier molecular flexibility index (Phi) is 5.04. The smallest absolute Gasteiger partial charge is 0.131 e. The first-order valence-corrected chi connectivity index (χ1v) is 14.0. The summed E-state index contributed by atoms with van der Waals surface area (Å²) in [6.07, 6.45) is -0.252. The number of hydrogen-bond donors (Lipinski definition) is 2. The van der Waals surface area contributed by atoms with Crippen molar-refractivity contribution in [2.24, 2.45) is 4.99 Å². The maximum atomic E-state index is 5.21. The fourth-order valence-corrected chi connectivity index (χ4v) is 6.63. The van der Waals surface area contributed by atoms with Gasteiger partial charge in [0.2, 0.25) is 0 Å². The monoisotopic (exact) mass is 518 g/mol. The van der Waals surface area contributed by atoms with Crippen LogP contribution in [0.4, 0.5) is 0 Å². The van der Waals surface area contributed by atoms with E-state index in [-0.39, 0.29) is 17.7 Å². The third-order valence-electron chi connectivity index (χ3n) is 8.66. The van der Waals surface area contributed by atoms with Crippen LogP contribution in [-0.4, -0.2) is 10.4 Å². The van der Waals surface area contributed by atoms with E-state index in [2.05, 4.69) is 144 Å². The van der Waals surface area contributed by atoms with Crippen LogP contribution in [0.25, 0.3) is 27.5 Å². The van der Waals surface area contributed by atoms with Gasteiger partial charge in [-0.3, -0.25) is 5.32 Å². The van der Waals surface area contributed by atoms with Gasteiger partial charge in [-0.05, 0) is 40.5 Å². The molecule has 2 N–H and O–H groups in total. The number of hydrogen-bond acceptors (Lipinski definition) is 3. The Morgan fingerprint density at radius 1 is 0.675 bits per heavy atom. The van der Waals surface area contributed by atoms with Crippen molar-refractivity contribution in [2.45, 2.75) is 31.6 Å². The molecule has 4 nitrogen and oxygen atoms in total. The Hall–Kier alpha value is -4.67. The van der Waals surface area contributed by atoms with E-state index < -0.39 is 0 Å². The molecule has 8 rings (SSSR count). The molecule has 0 amide bonds. The lowest BCUT2D eigenvalue weighted by Crippen LogP contribution is -2.45. The van der Waals surface area contributed by atoms with Crippen LogP contribution < -0.4 is 10.6 Å². The number of nitrogens with one attached hydrogen (secondary N) is 2. The second-order valence-corrected chi connectivity index (χ2v) is 11.4. The zero-order valence-electron chi connectivity index (χ0n) is 22.6. The number of rotatable bonds is 3. The predicted octanol–water partition coefficient (Wildman–Crippen LogP) is 7.76. The van der Waals surface area contributed by atoms with Gasteiger partial charge in [0.1, 0.15) is 18.2 Å². The van der Waals surface area contributed by atoms with Crippen molar-refractivity contribution in [1.82, 2.24) is 15.2 Å². The first kappa shape index (κ1) is 23.2. The van der Waals surface area contributed by atoms with Crippen molar-refractivity contribution in [2.75, 3.05) is 0 Å². The Morgan fingerprint density at radius 3 is 2.23 bits per heavy atom. The Balaban J connectivity index is 1.31. The summed E-state index contributed by atoms with van der Waals surface area (Å²) in [6, 6.07) is 43.4. The molecule has 0 saturated carbocycles. The number of nitrogens with zero attached hydrogens (tertiary/aromatic N) is 2. The first-order chi connectivity index (χ1) is 19.6. The molecule has 3 heterocycles. The quantitative estimate of drug-likeness (QED) is 0.251. The summed E-state index contributed by atoms with van der Waals surface area (Å²) < 4.78 is 2.46. The van der Waals surface area contributed by atoms with Gasteiger partial charge in [-0.25, -0.2) is 4.99 Å². The highest BCUT2D eigenvalue weighted by atomic mass is 15.3. The largest absolute Gasteiger partial charge is 0.350 e.